The third-order valence-electron chi connectivity index (χ3n) is 7.26. The maximum absolute atomic E-state index is 13.5. The van der Waals surface area contributed by atoms with E-state index in [1.54, 1.807) is 13.2 Å². The van der Waals surface area contributed by atoms with Crippen LogP contribution in [0.15, 0.2) is 48.6 Å². The Labute approximate surface area is 183 Å². The summed E-state index contributed by atoms with van der Waals surface area (Å²) in [5.74, 6) is 2.02. The van der Waals surface area contributed by atoms with Crippen molar-refractivity contribution in [2.24, 2.45) is 11.8 Å². The number of nitrogens with zero attached hydrogens (tertiary/aromatic N) is 1. The molecule has 5 nitrogen and oxygen atoms in total. The van der Waals surface area contributed by atoms with Crippen LogP contribution >= 0.6 is 0 Å². The Kier molecular flexibility index (Phi) is 5.12. The highest BCUT2D eigenvalue weighted by molar-refractivity contribution is 6.01. The van der Waals surface area contributed by atoms with Gasteiger partial charge < -0.3 is 20.1 Å². The number of carbonyl (C=O) groups is 1. The monoisotopic (exact) mass is 418 g/mol. The molecule has 2 N–H and O–H groups in total. The molecule has 2 aliphatic heterocycles. The minimum Gasteiger partial charge on any atom is -0.504 e. The first-order valence-corrected chi connectivity index (χ1v) is 11.3. The van der Waals surface area contributed by atoms with E-state index in [-0.39, 0.29) is 23.6 Å². The largest absolute Gasteiger partial charge is 0.504 e. The Hall–Kier alpha value is -2.95. The molecule has 2 heterocycles. The van der Waals surface area contributed by atoms with Crippen molar-refractivity contribution in [3.63, 3.8) is 0 Å². The number of hydrogen-bond acceptors (Lipinski definition) is 4. The number of nitrogens with one attached hydrogen (secondary N) is 1. The van der Waals surface area contributed by atoms with Crippen LogP contribution in [0.4, 0.5) is 5.69 Å². The van der Waals surface area contributed by atoms with Crippen molar-refractivity contribution in [1.82, 2.24) is 4.90 Å². The number of allylic oxidation sites excluding steroid dienone is 2. The Bertz CT molecular complexity index is 1020. The maximum Gasteiger partial charge on any atom is 0.255 e. The van der Waals surface area contributed by atoms with Crippen LogP contribution in [0.1, 0.15) is 59.6 Å². The van der Waals surface area contributed by atoms with E-state index in [0.717, 1.165) is 49.2 Å². The van der Waals surface area contributed by atoms with Crippen LogP contribution in [-0.4, -0.2) is 36.1 Å². The van der Waals surface area contributed by atoms with E-state index in [4.69, 9.17) is 4.74 Å². The zero-order valence-corrected chi connectivity index (χ0v) is 18.2. The zero-order valence-electron chi connectivity index (χ0n) is 18.2. The molecule has 1 amide bonds. The minimum atomic E-state index is 0.0136. The fraction of sp³-hybridized carbons (Fsp3) is 0.423. The molecule has 0 saturated carbocycles. The molecule has 31 heavy (non-hydrogen) atoms. The maximum atomic E-state index is 13.5. The molecule has 3 unspecified atom stereocenters. The standard InChI is InChI=1S/C26H30N2O3/c1-16-11-13-28(14-12-16)26(30)21-8-4-7-20-18-5-3-6-19(18)24(27-25(20)21)17-9-10-23(31-2)22(29)15-17/h3-5,7-10,15-16,18-19,24,27,29H,6,11-14H2,1-2H3. The van der Waals surface area contributed by atoms with Crippen LogP contribution in [-0.2, 0) is 0 Å². The minimum absolute atomic E-state index is 0.0136. The van der Waals surface area contributed by atoms with Gasteiger partial charge in [-0.3, -0.25) is 4.79 Å². The summed E-state index contributed by atoms with van der Waals surface area (Å²) in [5, 5.41) is 14.1. The fourth-order valence-electron chi connectivity index (χ4n) is 5.41. The van der Waals surface area contributed by atoms with Crippen molar-refractivity contribution in [1.29, 1.82) is 0 Å². The van der Waals surface area contributed by atoms with Crippen LogP contribution in [0.5, 0.6) is 11.5 Å². The average molecular weight is 419 g/mol. The molecule has 2 aromatic rings. The summed E-state index contributed by atoms with van der Waals surface area (Å²) in [6, 6.07) is 11.7. The second kappa shape index (κ2) is 7.95. The molecule has 1 aliphatic carbocycles. The average Bonchev–Trinajstić information content (AvgIpc) is 3.28. The topological polar surface area (TPSA) is 61.8 Å². The number of rotatable bonds is 3. The second-order valence-corrected chi connectivity index (χ2v) is 9.15. The molecule has 0 spiro atoms. The van der Waals surface area contributed by atoms with Crippen molar-refractivity contribution in [2.75, 3.05) is 25.5 Å². The number of para-hydroxylation sites is 1. The number of methoxy groups -OCH3 is 1. The van der Waals surface area contributed by atoms with E-state index in [2.05, 4.69) is 30.5 Å². The first-order valence-electron chi connectivity index (χ1n) is 11.3. The summed E-state index contributed by atoms with van der Waals surface area (Å²) in [6.45, 7) is 3.91. The van der Waals surface area contributed by atoms with Crippen molar-refractivity contribution in [2.45, 2.75) is 38.1 Å². The normalized spacial score (nSPS) is 25.0. The van der Waals surface area contributed by atoms with Gasteiger partial charge in [-0.1, -0.05) is 37.3 Å². The summed E-state index contributed by atoms with van der Waals surface area (Å²) in [6.07, 6.45) is 7.61. The molecule has 0 radical (unpaired) electrons. The lowest BCUT2D eigenvalue weighted by Gasteiger charge is -2.39. The molecule has 5 rings (SSSR count). The highest BCUT2D eigenvalue weighted by Crippen LogP contribution is 2.51. The number of carbonyl (C=O) groups excluding carboxylic acids is 1. The number of anilines is 1. The van der Waals surface area contributed by atoms with Gasteiger partial charge in [-0.15, -0.1) is 0 Å². The van der Waals surface area contributed by atoms with Crippen LogP contribution < -0.4 is 10.1 Å². The number of fused-ring (bicyclic) bond motifs is 3. The van der Waals surface area contributed by atoms with Gasteiger partial charge in [0.05, 0.1) is 24.4 Å². The second-order valence-electron chi connectivity index (χ2n) is 9.15. The van der Waals surface area contributed by atoms with Crippen LogP contribution in [0.2, 0.25) is 0 Å². The molecule has 2 aromatic carbocycles. The van der Waals surface area contributed by atoms with Gasteiger partial charge >= 0.3 is 0 Å². The third-order valence-corrected chi connectivity index (χ3v) is 7.26. The smallest absolute Gasteiger partial charge is 0.255 e. The number of phenolic OH excluding ortho intramolecular Hbond substituents is 1. The SMILES string of the molecule is COc1ccc(C2Nc3c(C(=O)N4CCC(C)CC4)cccc3C3C=CCC32)cc1O. The van der Waals surface area contributed by atoms with E-state index in [9.17, 15) is 9.90 Å². The number of likely N-dealkylation sites (tertiary alicyclic amines) is 1. The summed E-state index contributed by atoms with van der Waals surface area (Å²) in [4.78, 5) is 15.5. The fourth-order valence-corrected chi connectivity index (χ4v) is 5.41. The number of piperidine rings is 1. The Balaban J connectivity index is 1.52. The number of phenols is 1. The Morgan fingerprint density at radius 2 is 2.00 bits per heavy atom. The van der Waals surface area contributed by atoms with Gasteiger partial charge in [0.2, 0.25) is 0 Å². The van der Waals surface area contributed by atoms with Gasteiger partial charge in [-0.25, -0.2) is 0 Å². The summed E-state index contributed by atoms with van der Waals surface area (Å²) < 4.78 is 5.22. The summed E-state index contributed by atoms with van der Waals surface area (Å²) >= 11 is 0. The van der Waals surface area contributed by atoms with Gasteiger partial charge in [0.1, 0.15) is 0 Å². The summed E-state index contributed by atoms with van der Waals surface area (Å²) in [7, 11) is 1.56. The predicted molar refractivity (Wildman–Crippen MR) is 122 cm³/mol. The number of amides is 1. The molecular formula is C26H30N2O3. The number of hydrogen-bond donors (Lipinski definition) is 2. The lowest BCUT2D eigenvalue weighted by Crippen LogP contribution is -2.39. The van der Waals surface area contributed by atoms with Crippen LogP contribution in [0.3, 0.4) is 0 Å². The summed E-state index contributed by atoms with van der Waals surface area (Å²) in [5.41, 5.74) is 3.91. The molecule has 5 heteroatoms. The lowest BCUT2D eigenvalue weighted by atomic mass is 9.76. The van der Waals surface area contributed by atoms with Crippen molar-refractivity contribution >= 4 is 11.6 Å². The van der Waals surface area contributed by atoms with E-state index in [1.165, 1.54) is 5.56 Å². The zero-order chi connectivity index (χ0) is 21.5. The van der Waals surface area contributed by atoms with Gasteiger partial charge in [0, 0.05) is 19.0 Å². The molecule has 1 saturated heterocycles. The highest BCUT2D eigenvalue weighted by Gasteiger charge is 2.40. The molecule has 1 fully saturated rings. The van der Waals surface area contributed by atoms with Crippen LogP contribution in [0.25, 0.3) is 0 Å². The van der Waals surface area contributed by atoms with E-state index in [1.807, 2.05) is 29.2 Å². The first kappa shape index (κ1) is 20.0. The van der Waals surface area contributed by atoms with Gasteiger partial charge in [0.25, 0.3) is 5.91 Å². The van der Waals surface area contributed by atoms with E-state index in [0.29, 0.717) is 17.6 Å². The molecule has 3 atom stereocenters. The molecule has 3 aliphatic rings. The highest BCUT2D eigenvalue weighted by atomic mass is 16.5. The number of benzene rings is 2. The number of ether oxygens (including phenoxy) is 1. The van der Waals surface area contributed by atoms with Crippen molar-refractivity contribution < 1.29 is 14.6 Å². The molecule has 0 aromatic heterocycles. The molecule has 0 bridgehead atoms. The van der Waals surface area contributed by atoms with Crippen molar-refractivity contribution in [3.05, 3.63) is 65.2 Å². The van der Waals surface area contributed by atoms with Gasteiger partial charge in [0.15, 0.2) is 11.5 Å². The quantitative estimate of drug-likeness (QED) is 0.681. The van der Waals surface area contributed by atoms with E-state index >= 15 is 0 Å². The third kappa shape index (κ3) is 3.46. The van der Waals surface area contributed by atoms with Crippen LogP contribution in [0, 0.1) is 11.8 Å². The van der Waals surface area contributed by atoms with Crippen molar-refractivity contribution in [3.8, 4) is 11.5 Å². The first-order chi connectivity index (χ1) is 15.1. The molecular weight excluding hydrogens is 388 g/mol. The van der Waals surface area contributed by atoms with Gasteiger partial charge in [-0.05, 0) is 60.4 Å². The number of aromatic hydroxyl groups is 1. The Morgan fingerprint density at radius 1 is 1.19 bits per heavy atom. The predicted octanol–water partition coefficient (Wildman–Crippen LogP) is 5.10. The lowest BCUT2D eigenvalue weighted by molar-refractivity contribution is 0.0698. The molecule has 162 valence electrons. The Morgan fingerprint density at radius 3 is 2.74 bits per heavy atom. The van der Waals surface area contributed by atoms with Gasteiger partial charge in [-0.2, -0.15) is 0 Å². The van der Waals surface area contributed by atoms with E-state index < -0.39 is 0 Å².